The summed E-state index contributed by atoms with van der Waals surface area (Å²) in [4.78, 5) is 0. The summed E-state index contributed by atoms with van der Waals surface area (Å²) in [6, 6.07) is 0. The topological polar surface area (TPSA) is 54.4 Å². The summed E-state index contributed by atoms with van der Waals surface area (Å²) >= 11 is 0. The van der Waals surface area contributed by atoms with Gasteiger partial charge in [0.15, 0.2) is 0 Å². The monoisotopic (exact) mass is 396 g/mol. The van der Waals surface area contributed by atoms with Crippen molar-refractivity contribution in [2.45, 2.75) is 87.4 Å². The van der Waals surface area contributed by atoms with Crippen molar-refractivity contribution in [1.82, 2.24) is 0 Å². The highest BCUT2D eigenvalue weighted by atomic mass is 32.2. The first-order valence-electron chi connectivity index (χ1n) is 11.0. The smallest absolute Gasteiger partial charge is 0.268 e. The molecular formula is C21H33O3PS. The highest BCUT2D eigenvalue weighted by Crippen LogP contribution is 2.78. The molecule has 0 heterocycles. The Labute approximate surface area is 159 Å². The van der Waals surface area contributed by atoms with Gasteiger partial charge in [0.05, 0.1) is 5.49 Å². The second-order valence-corrected chi connectivity index (χ2v) is 16.4. The van der Waals surface area contributed by atoms with E-state index < -0.39 is 18.0 Å². The molecule has 0 aromatic rings. The van der Waals surface area contributed by atoms with Crippen molar-refractivity contribution in [3.05, 3.63) is 0 Å². The van der Waals surface area contributed by atoms with Gasteiger partial charge < -0.3 is 0 Å². The number of rotatable bonds is 4. The van der Waals surface area contributed by atoms with E-state index in [4.69, 9.17) is 0 Å². The molecule has 8 fully saturated rings. The van der Waals surface area contributed by atoms with Crippen LogP contribution in [0.1, 0.15) is 77.0 Å². The second-order valence-electron chi connectivity index (χ2n) is 11.4. The SMILES string of the molecule is O=S(=O)(O)CP(C12CC3CC(CC(C3)C1)C2)C12CC3CC(CC(C3)C1)C2. The summed E-state index contributed by atoms with van der Waals surface area (Å²) < 4.78 is 34.4. The Morgan fingerprint density at radius 1 is 0.654 bits per heavy atom. The summed E-state index contributed by atoms with van der Waals surface area (Å²) in [6.07, 6.45) is 16.2. The van der Waals surface area contributed by atoms with E-state index in [2.05, 4.69) is 0 Å². The largest absolute Gasteiger partial charge is 0.285 e. The Morgan fingerprint density at radius 3 is 1.15 bits per heavy atom. The maximum absolute atomic E-state index is 12.2. The van der Waals surface area contributed by atoms with Crippen LogP contribution in [0.4, 0.5) is 0 Å². The quantitative estimate of drug-likeness (QED) is 0.521. The summed E-state index contributed by atoms with van der Waals surface area (Å²) in [6.45, 7) is 0. The number of hydrogen-bond acceptors (Lipinski definition) is 2. The molecule has 146 valence electrons. The van der Waals surface area contributed by atoms with E-state index in [1.165, 1.54) is 77.0 Å². The highest BCUT2D eigenvalue weighted by Gasteiger charge is 2.63. The van der Waals surface area contributed by atoms with Crippen LogP contribution in [-0.2, 0) is 10.1 Å². The molecule has 0 radical (unpaired) electrons. The fourth-order valence-corrected chi connectivity index (χ4v) is 17.1. The fourth-order valence-electron chi connectivity index (χ4n) is 9.73. The van der Waals surface area contributed by atoms with Crippen LogP contribution in [0.25, 0.3) is 0 Å². The minimum absolute atomic E-state index is 0.126. The molecule has 0 atom stereocenters. The molecule has 0 aromatic carbocycles. The van der Waals surface area contributed by atoms with E-state index in [0.29, 0.717) is 10.3 Å². The van der Waals surface area contributed by atoms with Gasteiger partial charge in [-0.25, -0.2) is 0 Å². The lowest BCUT2D eigenvalue weighted by atomic mass is 9.55. The van der Waals surface area contributed by atoms with Crippen LogP contribution in [-0.4, -0.2) is 28.8 Å². The van der Waals surface area contributed by atoms with Crippen LogP contribution in [0.2, 0.25) is 0 Å². The molecule has 0 aromatic heterocycles. The summed E-state index contributed by atoms with van der Waals surface area (Å²) in [7, 11) is -4.52. The molecule has 8 aliphatic rings. The average molecular weight is 397 g/mol. The van der Waals surface area contributed by atoms with Crippen molar-refractivity contribution in [3.63, 3.8) is 0 Å². The third kappa shape index (κ3) is 2.61. The van der Waals surface area contributed by atoms with Crippen molar-refractivity contribution < 1.29 is 13.0 Å². The van der Waals surface area contributed by atoms with Gasteiger partial charge in [0.25, 0.3) is 10.1 Å². The molecule has 3 nitrogen and oxygen atoms in total. The highest BCUT2D eigenvalue weighted by molar-refractivity contribution is 7.94. The lowest BCUT2D eigenvalue weighted by molar-refractivity contribution is 0.0188. The molecule has 26 heavy (non-hydrogen) atoms. The van der Waals surface area contributed by atoms with Gasteiger partial charge in [-0.05, 0) is 123 Å². The van der Waals surface area contributed by atoms with Gasteiger partial charge in [0, 0.05) is 0 Å². The zero-order chi connectivity index (χ0) is 17.7. The maximum atomic E-state index is 12.2. The Balaban J connectivity index is 1.42. The minimum atomic E-state index is -3.88. The molecule has 8 saturated carbocycles. The predicted molar refractivity (Wildman–Crippen MR) is 105 cm³/mol. The van der Waals surface area contributed by atoms with Crippen molar-refractivity contribution in [2.24, 2.45) is 35.5 Å². The van der Waals surface area contributed by atoms with Crippen LogP contribution < -0.4 is 0 Å². The Morgan fingerprint density at radius 2 is 0.923 bits per heavy atom. The van der Waals surface area contributed by atoms with Crippen molar-refractivity contribution >= 4 is 18.0 Å². The molecule has 0 aliphatic heterocycles. The lowest BCUT2D eigenvalue weighted by Gasteiger charge is -2.67. The van der Waals surface area contributed by atoms with Gasteiger partial charge in [0.2, 0.25) is 0 Å². The molecular weight excluding hydrogens is 363 g/mol. The first-order valence-corrected chi connectivity index (χ1v) is 14.2. The molecule has 5 heteroatoms. The zero-order valence-electron chi connectivity index (χ0n) is 15.8. The molecule has 8 aliphatic carbocycles. The Bertz CT molecular complexity index is 600. The van der Waals surface area contributed by atoms with Gasteiger partial charge >= 0.3 is 0 Å². The summed E-state index contributed by atoms with van der Waals surface area (Å²) in [5.41, 5.74) is 0.126. The molecule has 0 spiro atoms. The van der Waals surface area contributed by atoms with Crippen molar-refractivity contribution in [1.29, 1.82) is 0 Å². The lowest BCUT2D eigenvalue weighted by Crippen LogP contribution is -2.57. The standard InChI is InChI=1S/C21H33O3PS/c22-26(23,24)13-25(20-7-14-1-15(8-20)3-16(2-14)9-20)21-10-17-4-18(11-21)6-19(5-17)12-21/h14-19H,1-13H2,(H,22,23,24). The van der Waals surface area contributed by atoms with E-state index in [9.17, 15) is 13.0 Å². The first kappa shape index (κ1) is 17.2. The number of hydrogen-bond donors (Lipinski definition) is 1. The van der Waals surface area contributed by atoms with Crippen LogP contribution in [0.15, 0.2) is 0 Å². The minimum Gasteiger partial charge on any atom is -0.285 e. The van der Waals surface area contributed by atoms with Crippen LogP contribution in [0.3, 0.4) is 0 Å². The van der Waals surface area contributed by atoms with E-state index in [0.717, 1.165) is 35.5 Å². The van der Waals surface area contributed by atoms with Crippen LogP contribution in [0, 0.1) is 35.5 Å². The normalized spacial score (nSPS) is 55.4. The molecule has 0 unspecified atom stereocenters. The maximum Gasteiger partial charge on any atom is 0.268 e. The van der Waals surface area contributed by atoms with Crippen molar-refractivity contribution in [2.75, 3.05) is 5.49 Å². The molecule has 0 amide bonds. The summed E-state index contributed by atoms with van der Waals surface area (Å²) in [5.74, 6) is 5.18. The fraction of sp³-hybridized carbons (Fsp3) is 1.00. The van der Waals surface area contributed by atoms with E-state index >= 15 is 0 Å². The van der Waals surface area contributed by atoms with Crippen LogP contribution in [0.5, 0.6) is 0 Å². The van der Waals surface area contributed by atoms with Gasteiger partial charge in [-0.2, -0.15) is 8.42 Å². The molecule has 0 saturated heterocycles. The van der Waals surface area contributed by atoms with Gasteiger partial charge in [-0.15, -0.1) is 0 Å². The van der Waals surface area contributed by atoms with Gasteiger partial charge in [-0.1, -0.05) is 7.92 Å². The zero-order valence-corrected chi connectivity index (χ0v) is 17.5. The first-order chi connectivity index (χ1) is 12.3. The van der Waals surface area contributed by atoms with Gasteiger partial charge in [-0.3, -0.25) is 4.55 Å². The molecule has 8 bridgehead atoms. The Kier molecular flexibility index (Phi) is 3.63. The average Bonchev–Trinajstić information content (AvgIpc) is 2.49. The van der Waals surface area contributed by atoms with E-state index in [-0.39, 0.29) is 5.49 Å². The third-order valence-electron chi connectivity index (χ3n) is 9.45. The van der Waals surface area contributed by atoms with Crippen LogP contribution >= 0.6 is 7.92 Å². The molecule has 1 N–H and O–H groups in total. The van der Waals surface area contributed by atoms with Crippen molar-refractivity contribution in [3.8, 4) is 0 Å². The second kappa shape index (κ2) is 5.48. The summed E-state index contributed by atoms with van der Waals surface area (Å²) in [5, 5.41) is 0.594. The van der Waals surface area contributed by atoms with Gasteiger partial charge in [0.1, 0.15) is 0 Å². The third-order valence-corrected chi connectivity index (χ3v) is 15.2. The van der Waals surface area contributed by atoms with E-state index in [1.807, 2.05) is 0 Å². The molecule has 8 rings (SSSR count). The Hall–Kier alpha value is 0.340. The van der Waals surface area contributed by atoms with E-state index in [1.54, 1.807) is 0 Å². The predicted octanol–water partition coefficient (Wildman–Crippen LogP) is 5.25.